The molecule has 2 N–H and O–H groups in total. The van der Waals surface area contributed by atoms with Crippen molar-refractivity contribution in [3.8, 4) is 11.6 Å². The van der Waals surface area contributed by atoms with Crippen LogP contribution in [-0.4, -0.2) is 53.5 Å². The van der Waals surface area contributed by atoms with E-state index in [1.54, 1.807) is 29.9 Å². The summed E-state index contributed by atoms with van der Waals surface area (Å²) in [4.78, 5) is 16.3. The second kappa shape index (κ2) is 7.40. The largest absolute Gasteiger partial charge is 0.505 e. The maximum absolute atomic E-state index is 12.4. The first-order valence-electron chi connectivity index (χ1n) is 9.24. The van der Waals surface area contributed by atoms with E-state index >= 15 is 0 Å². The molecule has 1 amide bonds. The number of benzene rings is 1. The summed E-state index contributed by atoms with van der Waals surface area (Å²) in [6.45, 7) is 0. The molecule has 0 bridgehead atoms. The molecule has 0 atom stereocenters. The van der Waals surface area contributed by atoms with Crippen LogP contribution in [0, 0.1) is 0 Å². The molecule has 8 nitrogen and oxygen atoms in total. The van der Waals surface area contributed by atoms with Gasteiger partial charge in [0.1, 0.15) is 11.9 Å². The number of anilines is 1. The molecule has 1 aliphatic rings. The van der Waals surface area contributed by atoms with Gasteiger partial charge in [0, 0.05) is 30.4 Å². The zero-order chi connectivity index (χ0) is 20.6. The molecule has 2 aromatic heterocycles. The van der Waals surface area contributed by atoms with Crippen LogP contribution in [0.25, 0.3) is 10.9 Å². The Kier molecular flexibility index (Phi) is 4.91. The summed E-state index contributed by atoms with van der Waals surface area (Å²) in [6, 6.07) is 8.33. The molecule has 1 aromatic carbocycles. The summed E-state index contributed by atoms with van der Waals surface area (Å²) >= 11 is 0. The monoisotopic (exact) mass is 414 g/mol. The number of ether oxygens (including phenoxy) is 1. The minimum Gasteiger partial charge on any atom is -0.505 e. The molecule has 0 radical (unpaired) electrons. The first-order valence-corrected chi connectivity index (χ1v) is 11.3. The third-order valence-electron chi connectivity index (χ3n) is 4.98. The van der Waals surface area contributed by atoms with E-state index in [0.717, 1.165) is 10.9 Å². The van der Waals surface area contributed by atoms with Crippen LogP contribution in [0.5, 0.6) is 11.6 Å². The highest BCUT2D eigenvalue weighted by Crippen LogP contribution is 2.30. The first-order chi connectivity index (χ1) is 13.8. The normalized spacial score (nSPS) is 21.8. The smallest absolute Gasteiger partial charge is 0.278 e. The zero-order valence-corrected chi connectivity index (χ0v) is 16.8. The van der Waals surface area contributed by atoms with Crippen LogP contribution < -0.4 is 10.1 Å². The molecule has 29 heavy (non-hydrogen) atoms. The molecule has 1 fully saturated rings. The number of aromatic hydroxyl groups is 1. The summed E-state index contributed by atoms with van der Waals surface area (Å²) in [5.74, 6) is 4.76. The first kappa shape index (κ1) is 19.3. The van der Waals surface area contributed by atoms with Crippen molar-refractivity contribution in [1.82, 2.24) is 14.8 Å². The quantitative estimate of drug-likeness (QED) is 0.634. The number of rotatable bonds is 4. The van der Waals surface area contributed by atoms with Gasteiger partial charge in [0.15, 0.2) is 5.69 Å². The Labute approximate surface area is 168 Å². The number of nitrogens with zero attached hydrogens (tertiary/aromatic N) is 3. The average molecular weight is 414 g/mol. The summed E-state index contributed by atoms with van der Waals surface area (Å²) in [7, 11) is -0.157. The van der Waals surface area contributed by atoms with Crippen LogP contribution in [0.1, 0.15) is 23.3 Å². The van der Waals surface area contributed by atoms with Gasteiger partial charge in [-0.25, -0.2) is 4.98 Å². The van der Waals surface area contributed by atoms with Crippen molar-refractivity contribution in [3.05, 3.63) is 42.2 Å². The fourth-order valence-electron chi connectivity index (χ4n) is 3.37. The lowest BCUT2D eigenvalue weighted by molar-refractivity contribution is 0.101. The highest BCUT2D eigenvalue weighted by Gasteiger charge is 2.23. The number of nitrogens with one attached hydrogen (secondary N) is 1. The molecule has 4 rings (SSSR count). The molecule has 1 aliphatic heterocycles. The van der Waals surface area contributed by atoms with Gasteiger partial charge < -0.3 is 15.2 Å². The highest BCUT2D eigenvalue weighted by atomic mass is 32.2. The SMILES string of the molecule is C=S1(=O)CCC(Oc2nn(C)c3cc(NC(=O)c4ncccc4O)ccc23)CC1. The summed E-state index contributed by atoms with van der Waals surface area (Å²) < 4.78 is 19.8. The lowest BCUT2D eigenvalue weighted by Gasteiger charge is -2.24. The number of hydrogen-bond acceptors (Lipinski definition) is 6. The van der Waals surface area contributed by atoms with E-state index in [1.165, 1.54) is 12.3 Å². The maximum atomic E-state index is 12.4. The van der Waals surface area contributed by atoms with E-state index in [1.807, 2.05) is 6.07 Å². The summed E-state index contributed by atoms with van der Waals surface area (Å²) in [6.07, 6.45) is 2.81. The van der Waals surface area contributed by atoms with E-state index in [4.69, 9.17) is 4.74 Å². The topological polar surface area (TPSA) is 106 Å². The minimum absolute atomic E-state index is 0.0315. The predicted octanol–water partition coefficient (Wildman–Crippen LogP) is 2.18. The average Bonchev–Trinajstić information content (AvgIpc) is 2.99. The van der Waals surface area contributed by atoms with Crippen LogP contribution in [0.15, 0.2) is 36.5 Å². The molecular weight excluding hydrogens is 392 g/mol. The van der Waals surface area contributed by atoms with Crippen LogP contribution >= 0.6 is 0 Å². The van der Waals surface area contributed by atoms with Gasteiger partial charge in [0.2, 0.25) is 5.88 Å². The van der Waals surface area contributed by atoms with E-state index in [-0.39, 0.29) is 17.5 Å². The van der Waals surface area contributed by atoms with Gasteiger partial charge in [-0.05, 0) is 58.6 Å². The Bertz CT molecular complexity index is 1170. The third-order valence-corrected chi connectivity index (χ3v) is 6.94. The Hall–Kier alpha value is -3.07. The van der Waals surface area contributed by atoms with Crippen molar-refractivity contribution in [2.45, 2.75) is 18.9 Å². The van der Waals surface area contributed by atoms with Gasteiger partial charge in [-0.2, -0.15) is 0 Å². The predicted molar refractivity (Wildman–Crippen MR) is 113 cm³/mol. The molecule has 0 unspecified atom stereocenters. The van der Waals surface area contributed by atoms with E-state index in [2.05, 4.69) is 21.3 Å². The van der Waals surface area contributed by atoms with Gasteiger partial charge in [-0.1, -0.05) is 0 Å². The van der Waals surface area contributed by atoms with Crippen molar-refractivity contribution in [1.29, 1.82) is 0 Å². The fraction of sp³-hybridized carbons (Fsp3) is 0.300. The van der Waals surface area contributed by atoms with Crippen molar-refractivity contribution in [2.24, 2.45) is 7.05 Å². The fourth-order valence-corrected chi connectivity index (χ4v) is 4.95. The van der Waals surface area contributed by atoms with Gasteiger partial charge >= 0.3 is 0 Å². The van der Waals surface area contributed by atoms with E-state index < -0.39 is 15.4 Å². The summed E-state index contributed by atoms with van der Waals surface area (Å²) in [5.41, 5.74) is 1.30. The molecule has 1 saturated heterocycles. The highest BCUT2D eigenvalue weighted by molar-refractivity contribution is 8.00. The number of pyridine rings is 1. The van der Waals surface area contributed by atoms with Crippen molar-refractivity contribution < 1.29 is 18.8 Å². The minimum atomic E-state index is -1.96. The maximum Gasteiger partial charge on any atom is 0.278 e. The van der Waals surface area contributed by atoms with Gasteiger partial charge in [0.05, 0.1) is 10.9 Å². The number of aryl methyl sites for hydroxylation is 1. The van der Waals surface area contributed by atoms with Gasteiger partial charge in [-0.3, -0.25) is 13.7 Å². The van der Waals surface area contributed by atoms with E-state index in [9.17, 15) is 14.1 Å². The Morgan fingerprint density at radius 3 is 2.83 bits per heavy atom. The number of aromatic nitrogens is 3. The lowest BCUT2D eigenvalue weighted by Crippen LogP contribution is -2.30. The van der Waals surface area contributed by atoms with E-state index in [0.29, 0.717) is 35.9 Å². The van der Waals surface area contributed by atoms with Crippen LogP contribution in [0.3, 0.4) is 0 Å². The van der Waals surface area contributed by atoms with Crippen LogP contribution in [0.4, 0.5) is 5.69 Å². The zero-order valence-electron chi connectivity index (χ0n) is 16.0. The lowest BCUT2D eigenvalue weighted by atomic mass is 10.2. The van der Waals surface area contributed by atoms with Gasteiger partial charge in [0.25, 0.3) is 5.91 Å². The number of carbonyl (C=O) groups excluding carboxylic acids is 1. The molecule has 0 aliphatic carbocycles. The number of hydrogen-bond donors (Lipinski definition) is 2. The second-order valence-corrected chi connectivity index (χ2v) is 9.93. The third kappa shape index (κ3) is 4.04. The Balaban J connectivity index is 1.54. The van der Waals surface area contributed by atoms with Crippen molar-refractivity contribution in [2.75, 3.05) is 16.8 Å². The number of fused-ring (bicyclic) bond motifs is 1. The molecule has 3 heterocycles. The van der Waals surface area contributed by atoms with Crippen LogP contribution in [0.2, 0.25) is 0 Å². The molecule has 0 spiro atoms. The van der Waals surface area contributed by atoms with Crippen molar-refractivity contribution >= 4 is 37.9 Å². The molecule has 9 heteroatoms. The number of carbonyl (C=O) groups is 1. The molecule has 0 saturated carbocycles. The Morgan fingerprint density at radius 2 is 2.10 bits per heavy atom. The number of amides is 1. The second-order valence-electron chi connectivity index (χ2n) is 7.18. The molecular formula is C20H22N4O4S. The Morgan fingerprint density at radius 1 is 1.34 bits per heavy atom. The van der Waals surface area contributed by atoms with Crippen molar-refractivity contribution in [3.63, 3.8) is 0 Å². The molecule has 3 aromatic rings. The standard InChI is InChI=1S/C20H22N4O4S/c1-24-16-12-13(22-19(26)18-17(25)4-3-9-21-18)5-6-15(16)20(23-24)28-14-7-10-29(2,27)11-8-14/h3-6,9,12,14,25H,2,7-8,10-11H2,1H3,(H,22,26). The van der Waals surface area contributed by atoms with Gasteiger partial charge in [-0.15, -0.1) is 5.10 Å². The summed E-state index contributed by atoms with van der Waals surface area (Å²) in [5, 5.41) is 17.8. The van der Waals surface area contributed by atoms with Crippen LogP contribution in [-0.2, 0) is 16.6 Å². The molecule has 152 valence electrons.